The molecule has 17 heteroatoms. The summed E-state index contributed by atoms with van der Waals surface area (Å²) in [7, 11) is 2.27. The molecule has 1 saturated heterocycles. The number of benzene rings is 1. The fraction of sp³-hybridized carbons (Fsp3) is 0.409. The lowest BCUT2D eigenvalue weighted by Gasteiger charge is -2.18. The van der Waals surface area contributed by atoms with Crippen LogP contribution in [0, 0.1) is 22.0 Å². The van der Waals surface area contributed by atoms with Crippen LogP contribution in [0.5, 0.6) is 0 Å². The van der Waals surface area contributed by atoms with Gasteiger partial charge in [0.15, 0.2) is 0 Å². The molecule has 0 bridgehead atoms. The van der Waals surface area contributed by atoms with Gasteiger partial charge in [-0.05, 0) is 12.1 Å². The molecule has 2 unspecified atom stereocenters. The van der Waals surface area contributed by atoms with E-state index in [0.717, 1.165) is 10.6 Å². The van der Waals surface area contributed by atoms with Crippen LogP contribution in [0.25, 0.3) is 0 Å². The van der Waals surface area contributed by atoms with E-state index in [1.807, 2.05) is 0 Å². The summed E-state index contributed by atoms with van der Waals surface area (Å²) < 4.78 is 48.9. The number of ether oxygens (including phenoxy) is 2. The molecule has 1 aromatic carbocycles. The molecule has 1 fully saturated rings. The van der Waals surface area contributed by atoms with E-state index in [1.165, 1.54) is 18.3 Å². The van der Waals surface area contributed by atoms with Gasteiger partial charge in [-0.2, -0.15) is 18.2 Å². The van der Waals surface area contributed by atoms with E-state index in [4.69, 9.17) is 15.2 Å². The average molecular weight is 573 g/mol. The summed E-state index contributed by atoms with van der Waals surface area (Å²) in [6, 6.07) is 3.84. The van der Waals surface area contributed by atoms with Crippen molar-refractivity contribution in [3.63, 3.8) is 0 Å². The molecule has 3 rings (SSSR count). The van der Waals surface area contributed by atoms with Gasteiger partial charge in [-0.25, -0.2) is 4.79 Å². The van der Waals surface area contributed by atoms with Crippen LogP contribution in [0.15, 0.2) is 29.2 Å². The van der Waals surface area contributed by atoms with Gasteiger partial charge < -0.3 is 30.7 Å². The molecule has 1 amide bonds. The Morgan fingerprint density at radius 2 is 2.18 bits per heavy atom. The van der Waals surface area contributed by atoms with E-state index in [9.17, 15) is 43.1 Å². The second-order valence-corrected chi connectivity index (χ2v) is 8.81. The fourth-order valence-corrected chi connectivity index (χ4v) is 3.93. The van der Waals surface area contributed by atoms with Gasteiger partial charge in [0.1, 0.15) is 24.0 Å². The maximum atomic E-state index is 12.3. The first-order chi connectivity index (χ1) is 18.3. The highest BCUT2D eigenvalue weighted by molar-refractivity contribution is 7.16. The van der Waals surface area contributed by atoms with Crippen molar-refractivity contribution < 1.29 is 42.6 Å². The highest BCUT2D eigenvalue weighted by atomic mass is 31.0. The molecular formula is C22H23F3N5O8P. The zero-order chi connectivity index (χ0) is 28.9. The molecule has 13 nitrogen and oxygen atoms in total. The summed E-state index contributed by atoms with van der Waals surface area (Å²) >= 11 is 0. The Hall–Kier alpha value is -3.61. The first-order valence-corrected chi connectivity index (χ1v) is 11.8. The second kappa shape index (κ2) is 12.5. The number of amides is 1. The number of halogens is 3. The fourth-order valence-electron chi connectivity index (χ4n) is 3.55. The second-order valence-electron chi connectivity index (χ2n) is 8.20. The third-order valence-corrected chi connectivity index (χ3v) is 6.09. The van der Waals surface area contributed by atoms with Crippen molar-refractivity contribution in [1.82, 2.24) is 14.9 Å². The number of aromatic nitrogens is 2. The molecule has 1 aliphatic heterocycles. The first kappa shape index (κ1) is 29.9. The number of rotatable bonds is 8. The zero-order valence-corrected chi connectivity index (χ0v) is 21.1. The molecule has 39 heavy (non-hydrogen) atoms. The summed E-state index contributed by atoms with van der Waals surface area (Å²) in [5.74, 6) is 1.48. The van der Waals surface area contributed by atoms with E-state index < -0.39 is 60.1 Å². The van der Waals surface area contributed by atoms with Crippen LogP contribution in [0.1, 0.15) is 35.2 Å². The molecule has 5 N–H and O–H groups in total. The first-order valence-electron chi connectivity index (χ1n) is 11.1. The van der Waals surface area contributed by atoms with Crippen LogP contribution in [0.2, 0.25) is 0 Å². The van der Waals surface area contributed by atoms with E-state index in [1.54, 1.807) is 5.32 Å². The van der Waals surface area contributed by atoms with E-state index in [2.05, 4.69) is 26.1 Å². The lowest BCUT2D eigenvalue weighted by Crippen LogP contribution is -2.36. The molecular weight excluding hydrogens is 550 g/mol. The quantitative estimate of drug-likeness (QED) is 0.150. The maximum Gasteiger partial charge on any atom is 0.471 e. The van der Waals surface area contributed by atoms with Gasteiger partial charge >= 0.3 is 17.8 Å². The van der Waals surface area contributed by atoms with Gasteiger partial charge in [-0.3, -0.25) is 19.5 Å². The largest absolute Gasteiger partial charge is 0.471 e. The number of nitrogens with two attached hydrogens (primary N) is 1. The number of nitrogen functional groups attached to an aromatic ring is 1. The molecule has 1 aliphatic rings. The Labute approximate surface area is 220 Å². The number of carbonyl (C=O) groups excluding carboxylic acids is 1. The number of alkyl halides is 3. The predicted molar refractivity (Wildman–Crippen MR) is 131 cm³/mol. The smallest absolute Gasteiger partial charge is 0.394 e. The topological polar surface area (TPSA) is 192 Å². The van der Waals surface area contributed by atoms with Crippen molar-refractivity contribution in [2.24, 2.45) is 0 Å². The number of hydrogen-bond donors (Lipinski definition) is 4. The molecule has 0 aliphatic carbocycles. The van der Waals surface area contributed by atoms with E-state index in [-0.39, 0.29) is 41.2 Å². The minimum atomic E-state index is -5.05. The number of anilines is 1. The molecule has 2 aromatic rings. The Balaban J connectivity index is 1.72. The monoisotopic (exact) mass is 573 g/mol. The summed E-state index contributed by atoms with van der Waals surface area (Å²) in [6.07, 6.45) is -6.47. The third kappa shape index (κ3) is 7.49. The molecule has 0 radical (unpaired) electrons. The predicted octanol–water partition coefficient (Wildman–Crippen LogP) is 0.495. The van der Waals surface area contributed by atoms with Gasteiger partial charge in [0.25, 0.3) is 5.69 Å². The number of aliphatic hydroxyl groups excluding tert-OH is 2. The van der Waals surface area contributed by atoms with Crippen molar-refractivity contribution in [2.45, 2.75) is 43.5 Å². The van der Waals surface area contributed by atoms with Gasteiger partial charge in [-0.1, -0.05) is 11.8 Å². The lowest BCUT2D eigenvalue weighted by atomic mass is 10.1. The maximum absolute atomic E-state index is 12.3. The third-order valence-electron chi connectivity index (χ3n) is 5.53. The number of nitrogens with one attached hydrogen (secondary N) is 1. The highest BCUT2D eigenvalue weighted by Gasteiger charge is 2.38. The number of nitro benzene ring substituents is 1. The summed E-state index contributed by atoms with van der Waals surface area (Å²) in [4.78, 5) is 37.8. The highest BCUT2D eigenvalue weighted by Crippen LogP contribution is 2.34. The van der Waals surface area contributed by atoms with E-state index >= 15 is 0 Å². The summed E-state index contributed by atoms with van der Waals surface area (Å²) in [5.41, 5.74) is 5.18. The number of nitro groups is 1. The molecule has 0 spiro atoms. The van der Waals surface area contributed by atoms with Gasteiger partial charge in [-0.15, -0.1) is 9.24 Å². The van der Waals surface area contributed by atoms with Gasteiger partial charge in [0, 0.05) is 29.8 Å². The van der Waals surface area contributed by atoms with Crippen LogP contribution < -0.4 is 16.7 Å². The van der Waals surface area contributed by atoms with Crippen LogP contribution in [0.4, 0.5) is 24.7 Å². The number of carbonyl (C=O) groups is 1. The standard InChI is InChI=1S/C22H23F3N5O8P/c23-22(24,25)20(33)27-5-1-2-11-3-4-13(14(6-11)30(35)36)19(39)37-10-12-8-29(21(34)28-18(12)26)17-7-15(32)16(9-31)38-17/h3-4,6,8,15-17,19,31-32H,5,7,9-10,39H2,(H,27,33)(H2,26,28,34)/t15?,16-,17-,19-/m1/s1. The van der Waals surface area contributed by atoms with Crippen LogP contribution in [0.3, 0.4) is 0 Å². The molecule has 0 saturated carbocycles. The SMILES string of the molecule is Nc1nc(=O)n([C@H]2CC(O)[C@@H](CO)O2)cc1CO[C@H](P)c1ccc(C#CCNC(=O)C(F)(F)F)cc1[N+](=O)[O-]. The molecule has 5 atom stereocenters. The van der Waals surface area contributed by atoms with Crippen LogP contribution in [-0.4, -0.2) is 62.1 Å². The van der Waals surface area contributed by atoms with Crippen LogP contribution in [-0.2, 0) is 20.9 Å². The zero-order valence-electron chi connectivity index (χ0n) is 19.9. The number of hydrogen-bond acceptors (Lipinski definition) is 10. The summed E-state index contributed by atoms with van der Waals surface area (Å²) in [5, 5.41) is 32.4. The number of aliphatic hydroxyl groups is 2. The van der Waals surface area contributed by atoms with Crippen molar-refractivity contribution in [1.29, 1.82) is 0 Å². The minimum absolute atomic E-state index is 0.0272. The number of nitrogens with zero attached hydrogens (tertiary/aromatic N) is 3. The Bertz CT molecular complexity index is 1360. The normalized spacial score (nSPS) is 19.7. The Morgan fingerprint density at radius 1 is 1.46 bits per heavy atom. The lowest BCUT2D eigenvalue weighted by molar-refractivity contribution is -0.386. The van der Waals surface area contributed by atoms with Crippen LogP contribution >= 0.6 is 9.24 Å². The van der Waals surface area contributed by atoms with Crippen molar-refractivity contribution in [3.8, 4) is 11.8 Å². The molecule has 2 heterocycles. The van der Waals surface area contributed by atoms with E-state index in [0.29, 0.717) is 0 Å². The Morgan fingerprint density at radius 3 is 2.79 bits per heavy atom. The van der Waals surface area contributed by atoms with Crippen molar-refractivity contribution in [3.05, 3.63) is 61.7 Å². The summed E-state index contributed by atoms with van der Waals surface area (Å²) in [6.45, 7) is -1.30. The molecule has 210 valence electrons. The average Bonchev–Trinajstić information content (AvgIpc) is 3.25. The minimum Gasteiger partial charge on any atom is -0.394 e. The molecule has 1 aromatic heterocycles. The van der Waals surface area contributed by atoms with Crippen molar-refractivity contribution >= 4 is 26.7 Å². The van der Waals surface area contributed by atoms with Gasteiger partial charge in [0.2, 0.25) is 0 Å². The van der Waals surface area contributed by atoms with Crippen molar-refractivity contribution in [2.75, 3.05) is 18.9 Å². The van der Waals surface area contributed by atoms with Gasteiger partial charge in [0.05, 0.1) is 36.3 Å². The Kier molecular flexibility index (Phi) is 9.59.